The van der Waals surface area contributed by atoms with Crippen molar-refractivity contribution < 1.29 is 4.79 Å². The lowest BCUT2D eigenvalue weighted by Crippen LogP contribution is -2.56. The quantitative estimate of drug-likeness (QED) is 0.861. The Labute approximate surface area is 166 Å². The van der Waals surface area contributed by atoms with Crippen LogP contribution in [0.1, 0.15) is 17.5 Å². The molecule has 2 aliphatic heterocycles. The van der Waals surface area contributed by atoms with Crippen LogP contribution in [-0.2, 0) is 17.9 Å². The first-order valence-electron chi connectivity index (χ1n) is 9.52. The van der Waals surface area contributed by atoms with Gasteiger partial charge in [0.05, 0.1) is 6.04 Å². The molecule has 1 spiro atoms. The van der Waals surface area contributed by atoms with Crippen molar-refractivity contribution in [1.82, 2.24) is 15.1 Å². The van der Waals surface area contributed by atoms with E-state index in [4.69, 9.17) is 11.6 Å². The SMILES string of the molecule is CN1CC2(CC1C(=O)NCc1ccc(Cl)cc1)CN(Cc1ccccc1)C2. The molecule has 0 aliphatic carbocycles. The fraction of sp³-hybridized carbons (Fsp3) is 0.409. The number of benzene rings is 2. The number of hydrogen-bond acceptors (Lipinski definition) is 3. The van der Waals surface area contributed by atoms with Gasteiger partial charge in [0, 0.05) is 43.2 Å². The Morgan fingerprint density at radius 3 is 2.48 bits per heavy atom. The van der Waals surface area contributed by atoms with Crippen molar-refractivity contribution in [1.29, 1.82) is 0 Å². The van der Waals surface area contributed by atoms with Gasteiger partial charge in [-0.1, -0.05) is 54.1 Å². The second kappa shape index (κ2) is 7.63. The van der Waals surface area contributed by atoms with E-state index in [1.54, 1.807) is 0 Å². The van der Waals surface area contributed by atoms with Crippen molar-refractivity contribution in [3.63, 3.8) is 0 Å². The lowest BCUT2D eigenvalue weighted by atomic mass is 9.77. The number of hydrogen-bond donors (Lipinski definition) is 1. The van der Waals surface area contributed by atoms with Crippen LogP contribution in [0.3, 0.4) is 0 Å². The Morgan fingerprint density at radius 1 is 1.07 bits per heavy atom. The molecule has 1 N–H and O–H groups in total. The number of carbonyl (C=O) groups is 1. The molecular formula is C22H26ClN3O. The minimum atomic E-state index is -0.0313. The molecular weight excluding hydrogens is 358 g/mol. The van der Waals surface area contributed by atoms with Crippen LogP contribution < -0.4 is 5.32 Å². The summed E-state index contributed by atoms with van der Waals surface area (Å²) in [5.41, 5.74) is 2.70. The van der Waals surface area contributed by atoms with Gasteiger partial charge in [-0.25, -0.2) is 0 Å². The van der Waals surface area contributed by atoms with Gasteiger partial charge < -0.3 is 5.32 Å². The van der Waals surface area contributed by atoms with Crippen molar-refractivity contribution in [3.8, 4) is 0 Å². The summed E-state index contributed by atoms with van der Waals surface area (Å²) in [5.74, 6) is 0.130. The second-order valence-electron chi connectivity index (χ2n) is 8.11. The molecule has 142 valence electrons. The summed E-state index contributed by atoms with van der Waals surface area (Å²) in [6.07, 6.45) is 0.946. The maximum Gasteiger partial charge on any atom is 0.237 e. The van der Waals surface area contributed by atoms with E-state index < -0.39 is 0 Å². The molecule has 1 amide bonds. The number of carbonyl (C=O) groups excluding carboxylic acids is 1. The van der Waals surface area contributed by atoms with E-state index in [9.17, 15) is 4.79 Å². The van der Waals surface area contributed by atoms with E-state index in [0.717, 1.165) is 38.2 Å². The topological polar surface area (TPSA) is 35.6 Å². The minimum Gasteiger partial charge on any atom is -0.351 e. The van der Waals surface area contributed by atoms with Crippen LogP contribution in [0.25, 0.3) is 0 Å². The first-order valence-corrected chi connectivity index (χ1v) is 9.90. The largest absolute Gasteiger partial charge is 0.351 e. The average Bonchev–Trinajstić information content (AvgIpc) is 2.99. The Morgan fingerprint density at radius 2 is 1.78 bits per heavy atom. The molecule has 2 aliphatic rings. The third-order valence-corrected chi connectivity index (χ3v) is 6.04. The monoisotopic (exact) mass is 383 g/mol. The second-order valence-corrected chi connectivity index (χ2v) is 8.55. The van der Waals surface area contributed by atoms with Crippen LogP contribution in [0.15, 0.2) is 54.6 Å². The molecule has 4 rings (SSSR count). The molecule has 2 saturated heterocycles. The average molecular weight is 384 g/mol. The van der Waals surface area contributed by atoms with Gasteiger partial charge in [-0.15, -0.1) is 0 Å². The van der Waals surface area contributed by atoms with E-state index in [2.05, 4.69) is 52.5 Å². The van der Waals surface area contributed by atoms with Crippen LogP contribution in [0.5, 0.6) is 0 Å². The Balaban J connectivity index is 1.28. The molecule has 2 aromatic rings. The van der Waals surface area contributed by atoms with E-state index in [-0.39, 0.29) is 17.4 Å². The summed E-state index contributed by atoms with van der Waals surface area (Å²) in [5, 5.41) is 3.81. The Kier molecular flexibility index (Phi) is 5.22. The lowest BCUT2D eigenvalue weighted by Gasteiger charge is -2.48. The summed E-state index contributed by atoms with van der Waals surface area (Å²) >= 11 is 5.92. The zero-order valence-electron chi connectivity index (χ0n) is 15.7. The van der Waals surface area contributed by atoms with Crippen molar-refractivity contribution >= 4 is 17.5 Å². The fourth-order valence-corrected chi connectivity index (χ4v) is 4.68. The maximum atomic E-state index is 12.7. The zero-order chi connectivity index (χ0) is 18.9. The first kappa shape index (κ1) is 18.5. The highest BCUT2D eigenvalue weighted by atomic mass is 35.5. The number of likely N-dealkylation sites (tertiary alicyclic amines) is 2. The van der Waals surface area contributed by atoms with Crippen LogP contribution in [0, 0.1) is 5.41 Å². The third-order valence-electron chi connectivity index (χ3n) is 5.79. The summed E-state index contributed by atoms with van der Waals surface area (Å²) in [7, 11) is 2.07. The zero-order valence-corrected chi connectivity index (χ0v) is 16.5. The Hall–Kier alpha value is -1.88. The van der Waals surface area contributed by atoms with E-state index in [1.165, 1.54) is 5.56 Å². The van der Waals surface area contributed by atoms with Gasteiger partial charge in [0.2, 0.25) is 5.91 Å². The molecule has 0 aromatic heterocycles. The van der Waals surface area contributed by atoms with Crippen molar-refractivity contribution in [2.24, 2.45) is 5.41 Å². The Bertz CT molecular complexity index is 787. The van der Waals surface area contributed by atoms with Crippen molar-refractivity contribution in [2.45, 2.75) is 25.6 Å². The van der Waals surface area contributed by atoms with Gasteiger partial charge in [-0.05, 0) is 36.7 Å². The van der Waals surface area contributed by atoms with Gasteiger partial charge in [-0.2, -0.15) is 0 Å². The maximum absolute atomic E-state index is 12.7. The van der Waals surface area contributed by atoms with Crippen LogP contribution >= 0.6 is 11.6 Å². The molecule has 2 heterocycles. The number of amides is 1. The molecule has 2 aromatic carbocycles. The minimum absolute atomic E-state index is 0.0313. The van der Waals surface area contributed by atoms with Crippen LogP contribution in [0.2, 0.25) is 5.02 Å². The van der Waals surface area contributed by atoms with E-state index in [0.29, 0.717) is 11.6 Å². The van der Waals surface area contributed by atoms with Crippen molar-refractivity contribution in [3.05, 3.63) is 70.7 Å². The molecule has 2 fully saturated rings. The number of nitrogens with one attached hydrogen (secondary N) is 1. The van der Waals surface area contributed by atoms with E-state index >= 15 is 0 Å². The molecule has 0 radical (unpaired) electrons. The predicted molar refractivity (Wildman–Crippen MR) is 108 cm³/mol. The molecule has 27 heavy (non-hydrogen) atoms. The number of nitrogens with zero attached hydrogens (tertiary/aromatic N) is 2. The first-order chi connectivity index (χ1) is 13.0. The van der Waals surface area contributed by atoms with E-state index in [1.807, 2.05) is 24.3 Å². The fourth-order valence-electron chi connectivity index (χ4n) is 4.56. The normalized spacial score (nSPS) is 21.9. The van der Waals surface area contributed by atoms with Crippen LogP contribution in [-0.4, -0.2) is 48.4 Å². The van der Waals surface area contributed by atoms with Crippen LogP contribution in [0.4, 0.5) is 0 Å². The van der Waals surface area contributed by atoms with Gasteiger partial charge in [0.25, 0.3) is 0 Å². The smallest absolute Gasteiger partial charge is 0.237 e. The predicted octanol–water partition coefficient (Wildman–Crippen LogP) is 3.16. The standard InChI is InChI=1S/C22H26ClN3O/c1-25-14-22(15-26(16-22)13-18-5-3-2-4-6-18)11-20(25)21(27)24-12-17-7-9-19(23)10-8-17/h2-10,20H,11-16H2,1H3,(H,24,27). The summed E-state index contributed by atoms with van der Waals surface area (Å²) < 4.78 is 0. The highest BCUT2D eigenvalue weighted by Gasteiger charge is 2.51. The number of halogens is 1. The summed E-state index contributed by atoms with van der Waals surface area (Å²) in [4.78, 5) is 17.4. The highest BCUT2D eigenvalue weighted by molar-refractivity contribution is 6.30. The highest BCUT2D eigenvalue weighted by Crippen LogP contribution is 2.42. The molecule has 1 atom stereocenters. The molecule has 1 unspecified atom stereocenters. The lowest BCUT2D eigenvalue weighted by molar-refractivity contribution is -0.125. The molecule has 4 nitrogen and oxygen atoms in total. The third kappa shape index (κ3) is 4.18. The van der Waals surface area contributed by atoms with Crippen molar-refractivity contribution in [2.75, 3.05) is 26.7 Å². The number of rotatable bonds is 5. The molecule has 5 heteroatoms. The molecule has 0 saturated carbocycles. The van der Waals surface area contributed by atoms with Gasteiger partial charge in [-0.3, -0.25) is 14.6 Å². The van der Waals surface area contributed by atoms with Gasteiger partial charge in [0.1, 0.15) is 0 Å². The van der Waals surface area contributed by atoms with Gasteiger partial charge >= 0.3 is 0 Å². The van der Waals surface area contributed by atoms with Gasteiger partial charge in [0.15, 0.2) is 0 Å². The number of likely N-dealkylation sites (N-methyl/N-ethyl adjacent to an activating group) is 1. The summed E-state index contributed by atoms with van der Waals surface area (Å²) in [6.45, 7) is 4.70. The summed E-state index contributed by atoms with van der Waals surface area (Å²) in [6, 6.07) is 18.2. The molecule has 0 bridgehead atoms.